The summed E-state index contributed by atoms with van der Waals surface area (Å²) in [6.07, 6.45) is 0.554. The minimum atomic E-state index is -0.264. The molecule has 0 spiro atoms. The summed E-state index contributed by atoms with van der Waals surface area (Å²) >= 11 is 6.20. The van der Waals surface area contributed by atoms with Crippen LogP contribution in [0.5, 0.6) is 0 Å². The van der Waals surface area contributed by atoms with Crippen molar-refractivity contribution in [1.82, 2.24) is 15.6 Å². The third-order valence-corrected chi connectivity index (χ3v) is 3.88. The van der Waals surface area contributed by atoms with Gasteiger partial charge in [0.15, 0.2) is 0 Å². The van der Waals surface area contributed by atoms with E-state index in [9.17, 15) is 4.79 Å². The topological polar surface area (TPSA) is 81.2 Å². The van der Waals surface area contributed by atoms with Crippen LogP contribution in [0.2, 0.25) is 5.02 Å². The smallest absolute Gasteiger partial charge is 0.257 e. The first-order valence-electron chi connectivity index (χ1n) is 7.48. The molecule has 0 unspecified atom stereocenters. The lowest BCUT2D eigenvalue weighted by Gasteiger charge is -2.05. The fraction of sp³-hybridized carbons (Fsp3) is 0.235. The number of rotatable bonds is 5. The van der Waals surface area contributed by atoms with E-state index in [0.29, 0.717) is 40.6 Å². The van der Waals surface area contributed by atoms with Crippen molar-refractivity contribution in [3.8, 4) is 11.3 Å². The van der Waals surface area contributed by atoms with Gasteiger partial charge in [0.25, 0.3) is 5.91 Å². The van der Waals surface area contributed by atoms with Crippen LogP contribution in [0, 0.1) is 13.8 Å². The molecule has 0 bridgehead atoms. The zero-order valence-electron chi connectivity index (χ0n) is 13.3. The summed E-state index contributed by atoms with van der Waals surface area (Å²) < 4.78 is 10.3. The van der Waals surface area contributed by atoms with Crippen LogP contribution in [0.4, 0.5) is 0 Å². The molecule has 3 aromatic rings. The monoisotopic (exact) mass is 345 g/mol. The van der Waals surface area contributed by atoms with Crippen molar-refractivity contribution >= 4 is 17.5 Å². The first-order chi connectivity index (χ1) is 11.6. The molecular weight excluding hydrogens is 330 g/mol. The molecule has 3 rings (SSSR count). The Morgan fingerprint density at radius 2 is 2.00 bits per heavy atom. The van der Waals surface area contributed by atoms with Crippen LogP contribution in [0.15, 0.2) is 39.4 Å². The van der Waals surface area contributed by atoms with Gasteiger partial charge in [-0.15, -0.1) is 0 Å². The van der Waals surface area contributed by atoms with Gasteiger partial charge in [-0.25, -0.2) is 0 Å². The van der Waals surface area contributed by atoms with Crippen molar-refractivity contribution < 1.29 is 13.8 Å². The van der Waals surface area contributed by atoms with E-state index in [-0.39, 0.29) is 5.91 Å². The Labute approximate surface area is 143 Å². The number of hydrogen-bond donors (Lipinski definition) is 1. The van der Waals surface area contributed by atoms with Gasteiger partial charge >= 0.3 is 0 Å². The van der Waals surface area contributed by atoms with Gasteiger partial charge in [0.05, 0.1) is 10.7 Å². The molecule has 0 saturated carbocycles. The van der Waals surface area contributed by atoms with Crippen LogP contribution >= 0.6 is 11.6 Å². The first-order valence-corrected chi connectivity index (χ1v) is 7.85. The largest absolute Gasteiger partial charge is 0.361 e. The highest BCUT2D eigenvalue weighted by Crippen LogP contribution is 2.30. The van der Waals surface area contributed by atoms with E-state index in [0.717, 1.165) is 11.5 Å². The average molecular weight is 346 g/mol. The standard InChI is InChI=1S/C17H16ClN3O3/c1-10-9-12(24-20-10)7-8-19-17(22)15-11(2)23-21-16(15)13-5-3-4-6-14(13)18/h3-6,9H,7-8H2,1-2H3,(H,19,22). The number of benzene rings is 1. The summed E-state index contributed by atoms with van der Waals surface area (Å²) in [5, 5.41) is 11.2. The predicted octanol–water partition coefficient (Wildman–Crippen LogP) is 3.57. The Morgan fingerprint density at radius 1 is 1.21 bits per heavy atom. The molecule has 0 saturated heterocycles. The van der Waals surface area contributed by atoms with Gasteiger partial charge in [-0.3, -0.25) is 4.79 Å². The molecule has 0 atom stereocenters. The second-order valence-corrected chi connectivity index (χ2v) is 5.79. The minimum Gasteiger partial charge on any atom is -0.361 e. The average Bonchev–Trinajstić information content (AvgIpc) is 3.13. The van der Waals surface area contributed by atoms with E-state index < -0.39 is 0 Å². The number of carbonyl (C=O) groups is 1. The number of aryl methyl sites for hydroxylation is 2. The molecule has 1 aromatic carbocycles. The lowest BCUT2D eigenvalue weighted by molar-refractivity contribution is 0.0952. The van der Waals surface area contributed by atoms with Crippen LogP contribution in [-0.4, -0.2) is 22.8 Å². The van der Waals surface area contributed by atoms with Crippen LogP contribution < -0.4 is 5.32 Å². The molecule has 6 nitrogen and oxygen atoms in total. The van der Waals surface area contributed by atoms with Crippen molar-refractivity contribution in [1.29, 1.82) is 0 Å². The van der Waals surface area contributed by atoms with E-state index in [2.05, 4.69) is 15.6 Å². The van der Waals surface area contributed by atoms with Crippen LogP contribution in [-0.2, 0) is 6.42 Å². The zero-order valence-corrected chi connectivity index (χ0v) is 14.1. The van der Waals surface area contributed by atoms with E-state index in [1.165, 1.54) is 0 Å². The Morgan fingerprint density at radius 3 is 2.71 bits per heavy atom. The maximum Gasteiger partial charge on any atom is 0.257 e. The highest BCUT2D eigenvalue weighted by molar-refractivity contribution is 6.33. The molecule has 7 heteroatoms. The van der Waals surface area contributed by atoms with Crippen molar-refractivity contribution in [3.05, 3.63) is 58.1 Å². The van der Waals surface area contributed by atoms with Gasteiger partial charge in [-0.05, 0) is 19.9 Å². The summed E-state index contributed by atoms with van der Waals surface area (Å²) in [6.45, 7) is 3.96. The van der Waals surface area contributed by atoms with Crippen molar-refractivity contribution in [2.24, 2.45) is 0 Å². The minimum absolute atomic E-state index is 0.264. The first kappa shape index (κ1) is 16.3. The summed E-state index contributed by atoms with van der Waals surface area (Å²) in [5.41, 5.74) is 2.29. The maximum absolute atomic E-state index is 12.5. The number of nitrogens with zero attached hydrogens (tertiary/aromatic N) is 2. The molecule has 24 heavy (non-hydrogen) atoms. The quantitative estimate of drug-likeness (QED) is 0.764. The van der Waals surface area contributed by atoms with E-state index in [1.54, 1.807) is 19.1 Å². The number of hydrogen-bond acceptors (Lipinski definition) is 5. The number of nitrogens with one attached hydrogen (secondary N) is 1. The van der Waals surface area contributed by atoms with Gasteiger partial charge in [-0.1, -0.05) is 40.1 Å². The highest BCUT2D eigenvalue weighted by atomic mass is 35.5. The maximum atomic E-state index is 12.5. The molecule has 2 heterocycles. The van der Waals surface area contributed by atoms with Crippen LogP contribution in [0.25, 0.3) is 11.3 Å². The second-order valence-electron chi connectivity index (χ2n) is 5.38. The Balaban J connectivity index is 1.75. The molecular formula is C17H16ClN3O3. The number of aromatic nitrogens is 2. The predicted molar refractivity (Wildman–Crippen MR) is 89.0 cm³/mol. The van der Waals surface area contributed by atoms with Gasteiger partial charge in [-0.2, -0.15) is 0 Å². The van der Waals surface area contributed by atoms with Crippen molar-refractivity contribution in [2.75, 3.05) is 6.54 Å². The van der Waals surface area contributed by atoms with Crippen LogP contribution in [0.1, 0.15) is 27.6 Å². The van der Waals surface area contributed by atoms with Gasteiger partial charge in [0, 0.05) is 24.6 Å². The molecule has 0 aliphatic carbocycles. The van der Waals surface area contributed by atoms with Gasteiger partial charge < -0.3 is 14.4 Å². The molecule has 2 aromatic heterocycles. The summed E-state index contributed by atoms with van der Waals surface area (Å²) in [4.78, 5) is 12.5. The summed E-state index contributed by atoms with van der Waals surface area (Å²) in [6, 6.07) is 9.03. The number of carbonyl (C=O) groups excluding carboxylic acids is 1. The van der Waals surface area contributed by atoms with E-state index in [4.69, 9.17) is 20.6 Å². The van der Waals surface area contributed by atoms with E-state index in [1.807, 2.05) is 25.1 Å². The molecule has 1 amide bonds. The zero-order chi connectivity index (χ0) is 17.1. The molecule has 124 valence electrons. The van der Waals surface area contributed by atoms with Crippen LogP contribution in [0.3, 0.4) is 0 Å². The Bertz CT molecular complexity index is 870. The molecule has 1 N–H and O–H groups in total. The molecule has 0 aliphatic heterocycles. The Kier molecular flexibility index (Phi) is 4.66. The van der Waals surface area contributed by atoms with Crippen molar-refractivity contribution in [2.45, 2.75) is 20.3 Å². The summed E-state index contributed by atoms with van der Waals surface area (Å²) in [5.74, 6) is 0.902. The van der Waals surface area contributed by atoms with Crippen molar-refractivity contribution in [3.63, 3.8) is 0 Å². The SMILES string of the molecule is Cc1cc(CCNC(=O)c2c(-c3ccccc3Cl)noc2C)on1. The van der Waals surface area contributed by atoms with E-state index >= 15 is 0 Å². The number of amides is 1. The van der Waals surface area contributed by atoms with Gasteiger partial charge in [0.1, 0.15) is 22.8 Å². The lowest BCUT2D eigenvalue weighted by atomic mass is 10.1. The molecule has 0 radical (unpaired) electrons. The summed E-state index contributed by atoms with van der Waals surface area (Å²) in [7, 11) is 0. The third kappa shape index (κ3) is 3.33. The van der Waals surface area contributed by atoms with Gasteiger partial charge in [0.2, 0.25) is 0 Å². The number of halogens is 1. The normalized spacial score (nSPS) is 10.8. The second kappa shape index (κ2) is 6.88. The third-order valence-electron chi connectivity index (χ3n) is 3.55. The highest BCUT2D eigenvalue weighted by Gasteiger charge is 2.22. The fourth-order valence-electron chi connectivity index (χ4n) is 2.40. The Hall–Kier alpha value is -2.60. The fourth-order valence-corrected chi connectivity index (χ4v) is 2.62. The molecule has 0 fully saturated rings. The lowest BCUT2D eigenvalue weighted by Crippen LogP contribution is -2.26. The molecule has 0 aliphatic rings.